The first-order valence-corrected chi connectivity index (χ1v) is 8.16. The van der Waals surface area contributed by atoms with E-state index in [9.17, 15) is 14.4 Å². The summed E-state index contributed by atoms with van der Waals surface area (Å²) < 4.78 is 0. The highest BCUT2D eigenvalue weighted by molar-refractivity contribution is 8.00. The summed E-state index contributed by atoms with van der Waals surface area (Å²) in [5.74, 6) is -0.0931. The molecule has 1 unspecified atom stereocenters. The molecule has 1 aromatic carbocycles. The Bertz CT molecular complexity index is 634. The van der Waals surface area contributed by atoms with Crippen LogP contribution in [0.25, 0.3) is 0 Å². The van der Waals surface area contributed by atoms with Crippen molar-refractivity contribution >= 4 is 35.2 Å². The fourth-order valence-corrected chi connectivity index (χ4v) is 3.61. The highest BCUT2D eigenvalue weighted by Gasteiger charge is 2.33. The van der Waals surface area contributed by atoms with Crippen LogP contribution in [0.1, 0.15) is 6.92 Å². The maximum Gasteiger partial charge on any atom is 0.243 e. The molecule has 1 aromatic rings. The van der Waals surface area contributed by atoms with Gasteiger partial charge in [0.2, 0.25) is 17.7 Å². The normalized spacial score (nSPS) is 21.4. The molecule has 3 rings (SSSR count). The zero-order valence-corrected chi connectivity index (χ0v) is 13.1. The molecule has 22 heavy (non-hydrogen) atoms. The maximum atomic E-state index is 12.5. The molecule has 3 amide bonds. The first-order chi connectivity index (χ1) is 10.6. The van der Waals surface area contributed by atoms with E-state index in [-0.39, 0.29) is 24.3 Å². The minimum Gasteiger partial charge on any atom is -0.353 e. The lowest BCUT2D eigenvalue weighted by molar-refractivity contribution is -0.141. The molecule has 0 aromatic heterocycles. The van der Waals surface area contributed by atoms with E-state index < -0.39 is 6.04 Å². The molecule has 0 saturated carbocycles. The van der Waals surface area contributed by atoms with Crippen LogP contribution in [0.5, 0.6) is 0 Å². The van der Waals surface area contributed by atoms with E-state index in [0.717, 1.165) is 10.6 Å². The average Bonchev–Trinajstić information content (AvgIpc) is 2.52. The summed E-state index contributed by atoms with van der Waals surface area (Å²) in [5.41, 5.74) is 0.770. The predicted molar refractivity (Wildman–Crippen MR) is 83.7 cm³/mol. The number of piperazine rings is 1. The quantitative estimate of drug-likeness (QED) is 0.860. The standard InChI is InChI=1S/C15H17N3O3S/c1-10-15(21)16-6-7-17(10)13(19)8-18-11-4-2-3-5-12(11)22-9-14(18)20/h2-5,10H,6-9H2,1H3,(H,16,21). The lowest BCUT2D eigenvalue weighted by Crippen LogP contribution is -2.58. The van der Waals surface area contributed by atoms with Crippen molar-refractivity contribution in [3.8, 4) is 0 Å². The molecule has 2 aliphatic heterocycles. The molecule has 1 saturated heterocycles. The lowest BCUT2D eigenvalue weighted by atomic mass is 10.2. The number of para-hydroxylation sites is 1. The molecule has 1 fully saturated rings. The monoisotopic (exact) mass is 319 g/mol. The maximum absolute atomic E-state index is 12.5. The summed E-state index contributed by atoms with van der Waals surface area (Å²) in [6, 6.07) is 7.07. The summed E-state index contributed by atoms with van der Waals surface area (Å²) in [6.07, 6.45) is 0. The molecule has 1 atom stereocenters. The second-order valence-corrected chi connectivity index (χ2v) is 6.31. The topological polar surface area (TPSA) is 69.7 Å². The highest BCUT2D eigenvalue weighted by Crippen LogP contribution is 2.34. The first-order valence-electron chi connectivity index (χ1n) is 7.17. The number of hydrogen-bond donors (Lipinski definition) is 1. The molecule has 0 aliphatic carbocycles. The molecule has 2 heterocycles. The SMILES string of the molecule is CC1C(=O)NCCN1C(=O)CN1C(=O)CSc2ccccc21. The number of benzene rings is 1. The smallest absolute Gasteiger partial charge is 0.243 e. The van der Waals surface area contributed by atoms with Crippen LogP contribution >= 0.6 is 11.8 Å². The van der Waals surface area contributed by atoms with Crippen molar-refractivity contribution in [3.63, 3.8) is 0 Å². The summed E-state index contributed by atoms with van der Waals surface area (Å²) in [5, 5.41) is 2.73. The first kappa shape index (κ1) is 14.9. The number of amides is 3. The minimum absolute atomic E-state index is 0.0198. The van der Waals surface area contributed by atoms with E-state index in [1.54, 1.807) is 6.92 Å². The molecule has 0 bridgehead atoms. The van der Waals surface area contributed by atoms with Crippen LogP contribution in [0.3, 0.4) is 0 Å². The summed E-state index contributed by atoms with van der Waals surface area (Å²) in [4.78, 5) is 40.4. The number of carbonyl (C=O) groups excluding carboxylic acids is 3. The van der Waals surface area contributed by atoms with Gasteiger partial charge in [-0.3, -0.25) is 14.4 Å². The van der Waals surface area contributed by atoms with E-state index in [2.05, 4.69) is 5.32 Å². The molecular weight excluding hydrogens is 302 g/mol. The predicted octanol–water partition coefficient (Wildman–Crippen LogP) is 0.472. The van der Waals surface area contributed by atoms with Gasteiger partial charge in [0, 0.05) is 18.0 Å². The van der Waals surface area contributed by atoms with Crippen molar-refractivity contribution < 1.29 is 14.4 Å². The zero-order valence-electron chi connectivity index (χ0n) is 12.2. The molecule has 7 heteroatoms. The number of carbonyl (C=O) groups is 3. The Morgan fingerprint density at radius 2 is 2.14 bits per heavy atom. The molecule has 1 N–H and O–H groups in total. The molecular formula is C15H17N3O3S. The summed E-state index contributed by atoms with van der Waals surface area (Å²) >= 11 is 1.48. The number of anilines is 1. The van der Waals surface area contributed by atoms with Gasteiger partial charge < -0.3 is 15.1 Å². The second kappa shape index (κ2) is 6.00. The fourth-order valence-electron chi connectivity index (χ4n) is 2.68. The van der Waals surface area contributed by atoms with Gasteiger partial charge in [0.1, 0.15) is 12.6 Å². The minimum atomic E-state index is -0.495. The van der Waals surface area contributed by atoms with Crippen LogP contribution in [0, 0.1) is 0 Å². The van der Waals surface area contributed by atoms with E-state index in [1.165, 1.54) is 21.6 Å². The molecule has 0 spiro atoms. The molecule has 0 radical (unpaired) electrons. The summed E-state index contributed by atoms with van der Waals surface area (Å²) in [6.45, 7) is 2.61. The van der Waals surface area contributed by atoms with Gasteiger partial charge in [-0.1, -0.05) is 12.1 Å². The Kier molecular flexibility index (Phi) is 4.06. The van der Waals surface area contributed by atoms with Crippen molar-refractivity contribution in [1.29, 1.82) is 0 Å². The van der Waals surface area contributed by atoms with Gasteiger partial charge in [-0.2, -0.15) is 0 Å². The molecule has 2 aliphatic rings. The number of hydrogen-bond acceptors (Lipinski definition) is 4. The lowest BCUT2D eigenvalue weighted by Gasteiger charge is -2.35. The fraction of sp³-hybridized carbons (Fsp3) is 0.400. The van der Waals surface area contributed by atoms with Crippen LogP contribution in [-0.2, 0) is 14.4 Å². The second-order valence-electron chi connectivity index (χ2n) is 5.29. The number of rotatable bonds is 2. The van der Waals surface area contributed by atoms with Crippen LogP contribution in [0.4, 0.5) is 5.69 Å². The highest BCUT2D eigenvalue weighted by atomic mass is 32.2. The van der Waals surface area contributed by atoms with Crippen LogP contribution in [0.15, 0.2) is 29.2 Å². The van der Waals surface area contributed by atoms with Crippen LogP contribution < -0.4 is 10.2 Å². The third kappa shape index (κ3) is 2.68. The number of nitrogens with one attached hydrogen (secondary N) is 1. The van der Waals surface area contributed by atoms with Crippen molar-refractivity contribution in [3.05, 3.63) is 24.3 Å². The van der Waals surface area contributed by atoms with Gasteiger partial charge in [-0.05, 0) is 19.1 Å². The third-order valence-corrected chi connectivity index (χ3v) is 4.97. The van der Waals surface area contributed by atoms with Gasteiger partial charge in [-0.25, -0.2) is 0 Å². The van der Waals surface area contributed by atoms with Crippen molar-refractivity contribution in [1.82, 2.24) is 10.2 Å². The average molecular weight is 319 g/mol. The Morgan fingerprint density at radius 3 is 2.95 bits per heavy atom. The van der Waals surface area contributed by atoms with Crippen molar-refractivity contribution in [2.75, 3.05) is 30.3 Å². The van der Waals surface area contributed by atoms with E-state index in [1.807, 2.05) is 24.3 Å². The van der Waals surface area contributed by atoms with Gasteiger partial charge in [-0.15, -0.1) is 11.8 Å². The van der Waals surface area contributed by atoms with E-state index in [0.29, 0.717) is 18.8 Å². The third-order valence-electron chi connectivity index (χ3n) is 3.92. The number of nitrogens with zero attached hydrogens (tertiary/aromatic N) is 2. The largest absolute Gasteiger partial charge is 0.353 e. The van der Waals surface area contributed by atoms with E-state index >= 15 is 0 Å². The number of thioether (sulfide) groups is 1. The Hall–Kier alpha value is -2.02. The van der Waals surface area contributed by atoms with Gasteiger partial charge >= 0.3 is 0 Å². The van der Waals surface area contributed by atoms with E-state index in [4.69, 9.17) is 0 Å². The van der Waals surface area contributed by atoms with Gasteiger partial charge in [0.25, 0.3) is 0 Å². The summed E-state index contributed by atoms with van der Waals surface area (Å²) in [7, 11) is 0. The Morgan fingerprint density at radius 1 is 1.36 bits per heavy atom. The number of fused-ring (bicyclic) bond motifs is 1. The van der Waals surface area contributed by atoms with Crippen LogP contribution in [-0.4, -0.2) is 54.1 Å². The Labute approximate surface area is 132 Å². The van der Waals surface area contributed by atoms with Crippen LogP contribution in [0.2, 0.25) is 0 Å². The van der Waals surface area contributed by atoms with Crippen molar-refractivity contribution in [2.45, 2.75) is 17.9 Å². The van der Waals surface area contributed by atoms with Crippen molar-refractivity contribution in [2.24, 2.45) is 0 Å². The molecule has 6 nitrogen and oxygen atoms in total. The zero-order chi connectivity index (χ0) is 15.7. The van der Waals surface area contributed by atoms with Gasteiger partial charge in [0.15, 0.2) is 0 Å². The van der Waals surface area contributed by atoms with Gasteiger partial charge in [0.05, 0.1) is 11.4 Å². The Balaban J connectivity index is 1.79. The molecule has 116 valence electrons.